The van der Waals surface area contributed by atoms with Gasteiger partial charge in [-0.3, -0.25) is 0 Å². The van der Waals surface area contributed by atoms with Crippen LogP contribution in [0, 0.1) is 3.57 Å². The molecule has 2 rings (SSSR count). The maximum absolute atomic E-state index is 6.03. The molecule has 2 nitrogen and oxygen atoms in total. The zero-order chi connectivity index (χ0) is 10.3. The largest absolute Gasteiger partial charge is 0.225 e. The number of fused-ring (bicyclic) bond motifs is 1. The summed E-state index contributed by atoms with van der Waals surface area (Å²) in [5.41, 5.74) is 0. The Bertz CT molecular complexity index is 481. The van der Waals surface area contributed by atoms with Crippen LogP contribution in [0.3, 0.4) is 0 Å². The van der Waals surface area contributed by atoms with E-state index in [1.54, 1.807) is 11.3 Å². The first-order valence-electron chi connectivity index (χ1n) is 4.19. The molecule has 0 saturated carbocycles. The van der Waals surface area contributed by atoms with E-state index in [2.05, 4.69) is 46.4 Å². The summed E-state index contributed by atoms with van der Waals surface area (Å²) in [6, 6.07) is 0. The van der Waals surface area contributed by atoms with Crippen LogP contribution >= 0.6 is 45.5 Å². The van der Waals surface area contributed by atoms with E-state index in [4.69, 9.17) is 11.6 Å². The van der Waals surface area contributed by atoms with Crippen molar-refractivity contribution >= 4 is 55.7 Å². The van der Waals surface area contributed by atoms with Crippen molar-refractivity contribution in [1.29, 1.82) is 0 Å². The molecule has 0 radical (unpaired) electrons. The third-order valence-corrected chi connectivity index (χ3v) is 5.10. The van der Waals surface area contributed by atoms with Crippen LogP contribution in [0.25, 0.3) is 10.2 Å². The zero-order valence-corrected chi connectivity index (χ0v) is 11.4. The molecule has 0 unspecified atom stereocenters. The van der Waals surface area contributed by atoms with Crippen molar-refractivity contribution < 1.29 is 0 Å². The summed E-state index contributed by atoms with van der Waals surface area (Å²) in [4.78, 5) is 10.5. The van der Waals surface area contributed by atoms with Gasteiger partial charge in [-0.2, -0.15) is 0 Å². The maximum atomic E-state index is 6.03. The first-order valence-corrected chi connectivity index (χ1v) is 6.47. The molecule has 0 amide bonds. The van der Waals surface area contributed by atoms with Crippen LogP contribution in [0.2, 0.25) is 5.15 Å². The molecule has 0 atom stereocenters. The van der Waals surface area contributed by atoms with Crippen LogP contribution < -0.4 is 0 Å². The SMILES string of the molecule is CC(C)c1sc2ncnc(Cl)c2c1I. The average molecular weight is 339 g/mol. The van der Waals surface area contributed by atoms with E-state index < -0.39 is 0 Å². The molecular formula is C9H8ClIN2S. The van der Waals surface area contributed by atoms with Gasteiger partial charge in [0, 0.05) is 8.45 Å². The molecule has 0 bridgehead atoms. The Morgan fingerprint density at radius 3 is 2.71 bits per heavy atom. The lowest BCUT2D eigenvalue weighted by Gasteiger charge is -2.00. The number of thiophene rings is 1. The summed E-state index contributed by atoms with van der Waals surface area (Å²) in [5, 5.41) is 1.56. The van der Waals surface area contributed by atoms with Crippen LogP contribution in [0.15, 0.2) is 6.33 Å². The number of rotatable bonds is 1. The molecule has 5 heteroatoms. The van der Waals surface area contributed by atoms with Gasteiger partial charge in [-0.05, 0) is 28.5 Å². The van der Waals surface area contributed by atoms with Gasteiger partial charge in [-0.1, -0.05) is 25.4 Å². The Labute approximate surface area is 105 Å². The minimum atomic E-state index is 0.511. The number of nitrogens with zero attached hydrogens (tertiary/aromatic N) is 2. The molecule has 2 heterocycles. The highest BCUT2D eigenvalue weighted by molar-refractivity contribution is 14.1. The summed E-state index contributed by atoms with van der Waals surface area (Å²) in [6.45, 7) is 4.35. The van der Waals surface area contributed by atoms with E-state index in [1.807, 2.05) is 0 Å². The highest BCUT2D eigenvalue weighted by Crippen LogP contribution is 2.38. The summed E-state index contributed by atoms with van der Waals surface area (Å²) in [5.74, 6) is 0.511. The van der Waals surface area contributed by atoms with Gasteiger partial charge in [0.05, 0.1) is 5.39 Å². The highest BCUT2D eigenvalue weighted by Gasteiger charge is 2.16. The molecule has 14 heavy (non-hydrogen) atoms. The van der Waals surface area contributed by atoms with Gasteiger partial charge < -0.3 is 0 Å². The van der Waals surface area contributed by atoms with Crippen molar-refractivity contribution in [3.63, 3.8) is 0 Å². The minimum absolute atomic E-state index is 0.511. The van der Waals surface area contributed by atoms with Crippen molar-refractivity contribution in [1.82, 2.24) is 9.97 Å². The van der Waals surface area contributed by atoms with Gasteiger partial charge >= 0.3 is 0 Å². The molecule has 0 aliphatic rings. The lowest BCUT2D eigenvalue weighted by molar-refractivity contribution is 0.885. The molecule has 0 aliphatic carbocycles. The summed E-state index contributed by atoms with van der Waals surface area (Å²) >= 11 is 10.1. The fourth-order valence-corrected chi connectivity index (χ4v) is 4.38. The lowest BCUT2D eigenvalue weighted by atomic mass is 10.2. The summed E-state index contributed by atoms with van der Waals surface area (Å²) < 4.78 is 1.20. The van der Waals surface area contributed by atoms with Crippen molar-refractivity contribution in [2.45, 2.75) is 19.8 Å². The molecular weight excluding hydrogens is 331 g/mol. The molecule has 0 aromatic carbocycles. The van der Waals surface area contributed by atoms with Crippen molar-refractivity contribution in [3.05, 3.63) is 19.9 Å². The van der Waals surface area contributed by atoms with Crippen molar-refractivity contribution in [2.24, 2.45) is 0 Å². The second kappa shape index (κ2) is 3.90. The van der Waals surface area contributed by atoms with Crippen molar-refractivity contribution in [2.75, 3.05) is 0 Å². The monoisotopic (exact) mass is 338 g/mol. The predicted octanol–water partition coefficient (Wildman–Crippen LogP) is 4.07. The fourth-order valence-electron chi connectivity index (χ4n) is 1.25. The van der Waals surface area contributed by atoms with Crippen LogP contribution in [0.5, 0.6) is 0 Å². The van der Waals surface area contributed by atoms with Gasteiger partial charge in [0.2, 0.25) is 0 Å². The van der Waals surface area contributed by atoms with E-state index in [9.17, 15) is 0 Å². The van der Waals surface area contributed by atoms with Crippen molar-refractivity contribution in [3.8, 4) is 0 Å². The van der Waals surface area contributed by atoms with Crippen LogP contribution in [0.4, 0.5) is 0 Å². The molecule has 2 aromatic rings. The van der Waals surface area contributed by atoms with Crippen LogP contribution in [-0.2, 0) is 0 Å². The standard InChI is InChI=1S/C9H8ClIN2S/c1-4(2)7-6(11)5-8(10)12-3-13-9(5)14-7/h3-4H,1-2H3. The Hall–Kier alpha value is 0.0600. The fraction of sp³-hybridized carbons (Fsp3) is 0.333. The molecule has 0 saturated heterocycles. The molecule has 0 N–H and O–H groups in total. The van der Waals surface area contributed by atoms with Crippen LogP contribution in [0.1, 0.15) is 24.6 Å². The molecule has 0 spiro atoms. The minimum Gasteiger partial charge on any atom is -0.225 e. The van der Waals surface area contributed by atoms with Crippen LogP contribution in [-0.4, -0.2) is 9.97 Å². The summed E-state index contributed by atoms with van der Waals surface area (Å²) in [7, 11) is 0. The van der Waals surface area contributed by atoms with Gasteiger partial charge in [-0.15, -0.1) is 11.3 Å². The number of hydrogen-bond donors (Lipinski definition) is 0. The Kier molecular flexibility index (Phi) is 2.95. The highest BCUT2D eigenvalue weighted by atomic mass is 127. The van der Waals surface area contributed by atoms with Gasteiger partial charge in [0.25, 0.3) is 0 Å². The topological polar surface area (TPSA) is 25.8 Å². The maximum Gasteiger partial charge on any atom is 0.142 e. The predicted molar refractivity (Wildman–Crippen MR) is 69.2 cm³/mol. The number of aromatic nitrogens is 2. The Morgan fingerprint density at radius 2 is 2.14 bits per heavy atom. The number of hydrogen-bond acceptors (Lipinski definition) is 3. The molecule has 0 fully saturated rings. The van der Waals surface area contributed by atoms with Gasteiger partial charge in [-0.25, -0.2) is 9.97 Å². The van der Waals surface area contributed by atoms with E-state index in [-0.39, 0.29) is 0 Å². The van der Waals surface area contributed by atoms with E-state index in [0.717, 1.165) is 10.2 Å². The molecule has 74 valence electrons. The second-order valence-electron chi connectivity index (χ2n) is 3.28. The van der Waals surface area contributed by atoms with E-state index in [1.165, 1.54) is 14.8 Å². The molecule has 2 aromatic heterocycles. The van der Waals surface area contributed by atoms with E-state index in [0.29, 0.717) is 11.1 Å². The van der Waals surface area contributed by atoms with Gasteiger partial charge in [0.15, 0.2) is 0 Å². The first-order chi connectivity index (χ1) is 6.61. The quantitative estimate of drug-likeness (QED) is 0.578. The average Bonchev–Trinajstić information content (AvgIpc) is 2.45. The zero-order valence-electron chi connectivity index (χ0n) is 7.71. The third kappa shape index (κ3) is 1.63. The Morgan fingerprint density at radius 1 is 1.43 bits per heavy atom. The first kappa shape index (κ1) is 10.6. The number of halogens is 2. The van der Waals surface area contributed by atoms with E-state index >= 15 is 0 Å². The smallest absolute Gasteiger partial charge is 0.142 e. The normalized spacial score (nSPS) is 11.5. The third-order valence-electron chi connectivity index (χ3n) is 1.93. The lowest BCUT2D eigenvalue weighted by Crippen LogP contribution is -1.85. The van der Waals surface area contributed by atoms with Gasteiger partial charge in [0.1, 0.15) is 16.3 Å². The molecule has 0 aliphatic heterocycles. The summed E-state index contributed by atoms with van der Waals surface area (Å²) in [6.07, 6.45) is 1.52. The second-order valence-corrected chi connectivity index (χ2v) is 5.75. The Balaban J connectivity index is 2.81.